The van der Waals surface area contributed by atoms with Crippen molar-refractivity contribution < 1.29 is 9.53 Å². The van der Waals surface area contributed by atoms with Crippen LogP contribution in [0.15, 0.2) is 43.2 Å². The molecule has 2 rings (SSSR count). The average molecular weight is 229 g/mol. The Hall–Kier alpha value is -2.30. The molecule has 0 N–H and O–H groups in total. The molecule has 0 saturated carbocycles. The number of carbonyl (C=O) groups is 1. The summed E-state index contributed by atoms with van der Waals surface area (Å²) in [5.41, 5.74) is 1.44. The monoisotopic (exact) mass is 229 g/mol. The molecule has 2 aromatic heterocycles. The van der Waals surface area contributed by atoms with E-state index in [1.165, 1.54) is 18.7 Å². The predicted molar refractivity (Wildman–Crippen MR) is 60.3 cm³/mol. The molecule has 0 amide bonds. The number of hydrogen-bond acceptors (Lipinski definition) is 5. The second-order valence-corrected chi connectivity index (χ2v) is 3.37. The second-order valence-electron chi connectivity index (χ2n) is 3.37. The van der Waals surface area contributed by atoms with Crippen LogP contribution in [0.25, 0.3) is 0 Å². The number of hydrogen-bond donors (Lipinski definition) is 0. The molecule has 0 aliphatic rings. The van der Waals surface area contributed by atoms with Gasteiger partial charge in [-0.15, -0.1) is 0 Å². The van der Waals surface area contributed by atoms with Crippen molar-refractivity contribution in [3.63, 3.8) is 0 Å². The first-order valence-electron chi connectivity index (χ1n) is 5.17. The Morgan fingerprint density at radius 3 is 2.53 bits per heavy atom. The van der Waals surface area contributed by atoms with E-state index in [9.17, 15) is 4.79 Å². The summed E-state index contributed by atoms with van der Waals surface area (Å²) in [6, 6.07) is 3.78. The van der Waals surface area contributed by atoms with Gasteiger partial charge < -0.3 is 4.74 Å². The van der Waals surface area contributed by atoms with Crippen molar-refractivity contribution in [1.29, 1.82) is 0 Å². The summed E-state index contributed by atoms with van der Waals surface area (Å²) in [4.78, 5) is 22.9. The van der Waals surface area contributed by atoms with Gasteiger partial charge in [0.2, 0.25) is 0 Å². The van der Waals surface area contributed by atoms with Crippen molar-refractivity contribution >= 4 is 5.97 Å². The minimum atomic E-state index is -0.403. The molecule has 0 aliphatic heterocycles. The van der Waals surface area contributed by atoms with Crippen LogP contribution in [0.3, 0.4) is 0 Å². The SMILES string of the molecule is O=C(OCCc1ccncc1)c1cncnc1. The van der Waals surface area contributed by atoms with Gasteiger partial charge in [0.25, 0.3) is 0 Å². The third-order valence-corrected chi connectivity index (χ3v) is 2.17. The van der Waals surface area contributed by atoms with Crippen LogP contribution in [0.5, 0.6) is 0 Å². The Morgan fingerprint density at radius 1 is 1.12 bits per heavy atom. The lowest BCUT2D eigenvalue weighted by Crippen LogP contribution is -2.08. The van der Waals surface area contributed by atoms with E-state index in [4.69, 9.17) is 4.74 Å². The first kappa shape index (κ1) is 11.2. The van der Waals surface area contributed by atoms with E-state index in [1.54, 1.807) is 12.4 Å². The fraction of sp³-hybridized carbons (Fsp3) is 0.167. The zero-order chi connectivity index (χ0) is 11.9. The molecule has 0 bridgehead atoms. The molecule has 0 saturated heterocycles. The van der Waals surface area contributed by atoms with Crippen molar-refractivity contribution in [3.05, 3.63) is 54.4 Å². The van der Waals surface area contributed by atoms with Gasteiger partial charge in [-0.2, -0.15) is 0 Å². The predicted octanol–water partition coefficient (Wildman–Crippen LogP) is 1.27. The van der Waals surface area contributed by atoms with Gasteiger partial charge in [-0.3, -0.25) is 4.98 Å². The maximum atomic E-state index is 11.5. The Balaban J connectivity index is 1.82. The minimum Gasteiger partial charge on any atom is -0.462 e. The molecule has 0 fully saturated rings. The summed E-state index contributed by atoms with van der Waals surface area (Å²) in [5, 5.41) is 0. The lowest BCUT2D eigenvalue weighted by molar-refractivity contribution is 0.0508. The maximum absolute atomic E-state index is 11.5. The molecule has 17 heavy (non-hydrogen) atoms. The zero-order valence-corrected chi connectivity index (χ0v) is 9.11. The molecule has 0 unspecified atom stereocenters. The first-order valence-corrected chi connectivity index (χ1v) is 5.17. The van der Waals surface area contributed by atoms with Crippen molar-refractivity contribution in [2.24, 2.45) is 0 Å². The third-order valence-electron chi connectivity index (χ3n) is 2.17. The number of nitrogens with zero attached hydrogens (tertiary/aromatic N) is 3. The fourth-order valence-corrected chi connectivity index (χ4v) is 1.30. The minimum absolute atomic E-state index is 0.331. The van der Waals surface area contributed by atoms with E-state index < -0.39 is 5.97 Å². The highest BCUT2D eigenvalue weighted by molar-refractivity contribution is 5.88. The summed E-state index contributed by atoms with van der Waals surface area (Å²) in [6.45, 7) is 0.331. The van der Waals surface area contributed by atoms with Gasteiger partial charge in [0.1, 0.15) is 6.33 Å². The molecule has 2 aromatic rings. The molecule has 0 aliphatic carbocycles. The smallest absolute Gasteiger partial charge is 0.341 e. The zero-order valence-electron chi connectivity index (χ0n) is 9.11. The molecule has 0 spiro atoms. The van der Waals surface area contributed by atoms with Crippen LogP contribution in [0.4, 0.5) is 0 Å². The van der Waals surface area contributed by atoms with Crippen LogP contribution in [0.1, 0.15) is 15.9 Å². The van der Waals surface area contributed by atoms with Gasteiger partial charge >= 0.3 is 5.97 Å². The maximum Gasteiger partial charge on any atom is 0.341 e. The third kappa shape index (κ3) is 3.34. The lowest BCUT2D eigenvalue weighted by Gasteiger charge is -2.03. The van der Waals surface area contributed by atoms with Crippen LogP contribution < -0.4 is 0 Å². The Labute approximate surface area is 98.5 Å². The van der Waals surface area contributed by atoms with Crippen LogP contribution >= 0.6 is 0 Å². The number of carbonyl (C=O) groups excluding carboxylic acids is 1. The number of rotatable bonds is 4. The molecular weight excluding hydrogens is 218 g/mol. The lowest BCUT2D eigenvalue weighted by atomic mass is 10.2. The molecule has 5 nitrogen and oxygen atoms in total. The Morgan fingerprint density at radius 2 is 1.82 bits per heavy atom. The fourth-order valence-electron chi connectivity index (χ4n) is 1.30. The molecular formula is C12H11N3O2. The van der Waals surface area contributed by atoms with E-state index in [0.717, 1.165) is 5.56 Å². The van der Waals surface area contributed by atoms with Gasteiger partial charge in [-0.1, -0.05) is 0 Å². The second kappa shape index (κ2) is 5.69. The van der Waals surface area contributed by atoms with Crippen molar-refractivity contribution in [1.82, 2.24) is 15.0 Å². The average Bonchev–Trinajstić information content (AvgIpc) is 2.41. The van der Waals surface area contributed by atoms with Crippen LogP contribution in [-0.4, -0.2) is 27.5 Å². The highest BCUT2D eigenvalue weighted by atomic mass is 16.5. The van der Waals surface area contributed by atoms with Crippen LogP contribution in [0, 0.1) is 0 Å². The summed E-state index contributed by atoms with van der Waals surface area (Å²) in [5.74, 6) is -0.403. The topological polar surface area (TPSA) is 65.0 Å². The van der Waals surface area contributed by atoms with Crippen molar-refractivity contribution in [2.45, 2.75) is 6.42 Å². The molecule has 0 aromatic carbocycles. The highest BCUT2D eigenvalue weighted by Gasteiger charge is 2.06. The number of pyridine rings is 1. The van der Waals surface area contributed by atoms with E-state index in [1.807, 2.05) is 12.1 Å². The standard InChI is InChI=1S/C12H11N3O2/c16-12(11-7-14-9-15-8-11)17-6-3-10-1-4-13-5-2-10/h1-2,4-5,7-9H,3,6H2. The summed E-state index contributed by atoms with van der Waals surface area (Å²) in [7, 11) is 0. The van der Waals surface area contributed by atoms with Crippen molar-refractivity contribution in [2.75, 3.05) is 6.61 Å². The van der Waals surface area contributed by atoms with E-state index in [-0.39, 0.29) is 0 Å². The van der Waals surface area contributed by atoms with Crippen LogP contribution in [-0.2, 0) is 11.2 Å². The van der Waals surface area contributed by atoms with Crippen molar-refractivity contribution in [3.8, 4) is 0 Å². The molecule has 86 valence electrons. The first-order chi connectivity index (χ1) is 8.36. The molecule has 0 radical (unpaired) electrons. The van der Waals surface area contributed by atoms with E-state index in [2.05, 4.69) is 15.0 Å². The summed E-state index contributed by atoms with van der Waals surface area (Å²) >= 11 is 0. The highest BCUT2D eigenvalue weighted by Crippen LogP contribution is 2.01. The normalized spacial score (nSPS) is 9.88. The summed E-state index contributed by atoms with van der Waals surface area (Å²) < 4.78 is 5.09. The summed E-state index contributed by atoms with van der Waals surface area (Å²) in [6.07, 6.45) is 8.32. The van der Waals surface area contributed by atoms with Gasteiger partial charge in [0.15, 0.2) is 0 Å². The van der Waals surface area contributed by atoms with E-state index in [0.29, 0.717) is 18.6 Å². The largest absolute Gasteiger partial charge is 0.462 e. The number of aromatic nitrogens is 3. The van der Waals surface area contributed by atoms with Crippen LogP contribution in [0.2, 0.25) is 0 Å². The van der Waals surface area contributed by atoms with Gasteiger partial charge in [-0.25, -0.2) is 14.8 Å². The van der Waals surface area contributed by atoms with Gasteiger partial charge in [0, 0.05) is 31.2 Å². The Kier molecular flexibility index (Phi) is 3.75. The Bertz CT molecular complexity index is 474. The quantitative estimate of drug-likeness (QED) is 0.739. The molecule has 0 atom stereocenters. The van der Waals surface area contributed by atoms with Gasteiger partial charge in [0.05, 0.1) is 12.2 Å². The van der Waals surface area contributed by atoms with Gasteiger partial charge in [-0.05, 0) is 17.7 Å². The van der Waals surface area contributed by atoms with E-state index >= 15 is 0 Å². The number of esters is 1. The number of ether oxygens (including phenoxy) is 1. The molecule has 2 heterocycles. The molecule has 5 heteroatoms.